The zero-order chi connectivity index (χ0) is 13.9. The normalized spacial score (nSPS) is 18.4. The van der Waals surface area contributed by atoms with Crippen LogP contribution in [0.25, 0.3) is 0 Å². The average Bonchev–Trinajstić information content (AvgIpc) is 3.14. The van der Waals surface area contributed by atoms with Crippen LogP contribution >= 0.6 is 0 Å². The Morgan fingerprint density at radius 3 is 2.95 bits per heavy atom. The molecule has 0 radical (unpaired) electrons. The van der Waals surface area contributed by atoms with E-state index in [4.69, 9.17) is 9.47 Å². The molecule has 3 rings (SSSR count). The molecule has 5 nitrogen and oxygen atoms in total. The van der Waals surface area contributed by atoms with Gasteiger partial charge in [-0.1, -0.05) is 12.1 Å². The highest BCUT2D eigenvalue weighted by Gasteiger charge is 2.23. The summed E-state index contributed by atoms with van der Waals surface area (Å²) in [5, 5.41) is 3.28. The first-order valence-corrected chi connectivity index (χ1v) is 7.15. The van der Waals surface area contributed by atoms with Crippen molar-refractivity contribution in [3.05, 3.63) is 23.8 Å². The molecule has 0 aromatic heterocycles. The Balaban J connectivity index is 1.59. The topological polar surface area (TPSA) is 50.8 Å². The fourth-order valence-electron chi connectivity index (χ4n) is 2.69. The van der Waals surface area contributed by atoms with Crippen LogP contribution in [0.4, 0.5) is 0 Å². The molecular formula is C15H20N2O3. The summed E-state index contributed by atoms with van der Waals surface area (Å²) in [5.41, 5.74) is 1.03. The standard InChI is InChI=1S/C15H20N2O3/c1-11(15(18)17-7-2-3-8-17)16-9-12-5-4-6-13-14(12)20-10-19-13/h4-6,11,16H,2-3,7-10H2,1H3. The van der Waals surface area contributed by atoms with E-state index in [1.807, 2.05) is 30.0 Å². The Kier molecular flexibility index (Phi) is 3.78. The van der Waals surface area contributed by atoms with Gasteiger partial charge in [0.25, 0.3) is 0 Å². The van der Waals surface area contributed by atoms with Gasteiger partial charge in [-0.15, -0.1) is 0 Å². The number of ether oxygens (including phenoxy) is 2. The molecule has 108 valence electrons. The van der Waals surface area contributed by atoms with Crippen molar-refractivity contribution in [2.24, 2.45) is 0 Å². The van der Waals surface area contributed by atoms with Crippen molar-refractivity contribution in [3.8, 4) is 11.5 Å². The van der Waals surface area contributed by atoms with Gasteiger partial charge in [0, 0.05) is 25.2 Å². The number of nitrogens with one attached hydrogen (secondary N) is 1. The molecule has 20 heavy (non-hydrogen) atoms. The van der Waals surface area contributed by atoms with E-state index in [0.717, 1.165) is 43.0 Å². The van der Waals surface area contributed by atoms with Gasteiger partial charge in [0.2, 0.25) is 12.7 Å². The van der Waals surface area contributed by atoms with Crippen LogP contribution in [0.5, 0.6) is 11.5 Å². The third kappa shape index (κ3) is 2.58. The van der Waals surface area contributed by atoms with Gasteiger partial charge >= 0.3 is 0 Å². The predicted octanol–water partition coefficient (Wildman–Crippen LogP) is 1.52. The summed E-state index contributed by atoms with van der Waals surface area (Å²) in [6, 6.07) is 5.65. The maximum Gasteiger partial charge on any atom is 0.239 e. The SMILES string of the molecule is CC(NCc1cccc2c1OCO2)C(=O)N1CCCC1. The molecule has 5 heteroatoms. The van der Waals surface area contributed by atoms with Crippen molar-refractivity contribution >= 4 is 5.91 Å². The van der Waals surface area contributed by atoms with Gasteiger partial charge < -0.3 is 19.7 Å². The van der Waals surface area contributed by atoms with E-state index < -0.39 is 0 Å². The van der Waals surface area contributed by atoms with E-state index in [9.17, 15) is 4.79 Å². The zero-order valence-corrected chi connectivity index (χ0v) is 11.7. The van der Waals surface area contributed by atoms with Gasteiger partial charge in [0.15, 0.2) is 11.5 Å². The number of carbonyl (C=O) groups excluding carboxylic acids is 1. The van der Waals surface area contributed by atoms with Crippen LogP contribution in [0.15, 0.2) is 18.2 Å². The molecular weight excluding hydrogens is 256 g/mol. The molecule has 2 aliphatic heterocycles. The molecule has 1 amide bonds. The molecule has 2 heterocycles. The van der Waals surface area contributed by atoms with Crippen LogP contribution in [-0.4, -0.2) is 36.7 Å². The van der Waals surface area contributed by atoms with E-state index in [1.165, 1.54) is 0 Å². The van der Waals surface area contributed by atoms with Crippen molar-refractivity contribution in [3.63, 3.8) is 0 Å². The number of hydrogen-bond acceptors (Lipinski definition) is 4. The average molecular weight is 276 g/mol. The lowest BCUT2D eigenvalue weighted by atomic mass is 10.1. The van der Waals surface area contributed by atoms with Gasteiger partial charge in [-0.3, -0.25) is 4.79 Å². The van der Waals surface area contributed by atoms with Crippen LogP contribution in [0.3, 0.4) is 0 Å². The van der Waals surface area contributed by atoms with Crippen molar-refractivity contribution in [1.82, 2.24) is 10.2 Å². The molecule has 1 atom stereocenters. The first-order chi connectivity index (χ1) is 9.75. The van der Waals surface area contributed by atoms with E-state index >= 15 is 0 Å². The van der Waals surface area contributed by atoms with Gasteiger partial charge in [-0.2, -0.15) is 0 Å². The molecule has 0 bridgehead atoms. The third-order valence-corrected chi connectivity index (χ3v) is 3.87. The highest BCUT2D eigenvalue weighted by atomic mass is 16.7. The third-order valence-electron chi connectivity index (χ3n) is 3.87. The molecule has 1 fully saturated rings. The number of benzene rings is 1. The maximum atomic E-state index is 12.2. The Morgan fingerprint density at radius 2 is 2.15 bits per heavy atom. The number of likely N-dealkylation sites (tertiary alicyclic amines) is 1. The first-order valence-electron chi connectivity index (χ1n) is 7.15. The summed E-state index contributed by atoms with van der Waals surface area (Å²) in [6.45, 7) is 4.58. The van der Waals surface area contributed by atoms with Crippen molar-refractivity contribution in [2.45, 2.75) is 32.4 Å². The predicted molar refractivity (Wildman–Crippen MR) is 74.7 cm³/mol. The van der Waals surface area contributed by atoms with Gasteiger partial charge in [-0.25, -0.2) is 0 Å². The molecule has 1 saturated heterocycles. The number of nitrogens with zero attached hydrogens (tertiary/aromatic N) is 1. The van der Waals surface area contributed by atoms with E-state index in [1.54, 1.807) is 0 Å². The Hall–Kier alpha value is -1.75. The smallest absolute Gasteiger partial charge is 0.239 e. The van der Waals surface area contributed by atoms with Crippen molar-refractivity contribution in [2.75, 3.05) is 19.9 Å². The lowest BCUT2D eigenvalue weighted by molar-refractivity contribution is -0.131. The summed E-state index contributed by atoms with van der Waals surface area (Å²) >= 11 is 0. The second kappa shape index (κ2) is 5.71. The molecule has 2 aliphatic rings. The maximum absolute atomic E-state index is 12.2. The lowest BCUT2D eigenvalue weighted by Gasteiger charge is -2.21. The Morgan fingerprint density at radius 1 is 1.35 bits per heavy atom. The second-order valence-corrected chi connectivity index (χ2v) is 5.29. The van der Waals surface area contributed by atoms with Gasteiger partial charge in [0.05, 0.1) is 6.04 Å². The molecule has 1 aromatic rings. The van der Waals surface area contributed by atoms with Crippen LogP contribution in [0.1, 0.15) is 25.3 Å². The molecule has 1 unspecified atom stereocenters. The quantitative estimate of drug-likeness (QED) is 0.906. The Labute approximate surface area is 118 Å². The number of fused-ring (bicyclic) bond motifs is 1. The summed E-state index contributed by atoms with van der Waals surface area (Å²) in [6.07, 6.45) is 2.24. The fourth-order valence-corrected chi connectivity index (χ4v) is 2.69. The molecule has 0 saturated carbocycles. The summed E-state index contributed by atoms with van der Waals surface area (Å²) in [5.74, 6) is 1.76. The zero-order valence-electron chi connectivity index (χ0n) is 11.7. The van der Waals surface area contributed by atoms with Crippen LogP contribution in [0.2, 0.25) is 0 Å². The molecule has 1 N–H and O–H groups in total. The summed E-state index contributed by atoms with van der Waals surface area (Å²) in [4.78, 5) is 14.1. The first kappa shape index (κ1) is 13.2. The van der Waals surface area contributed by atoms with E-state index in [2.05, 4.69) is 5.32 Å². The minimum atomic E-state index is -0.175. The highest BCUT2D eigenvalue weighted by Crippen LogP contribution is 2.35. The summed E-state index contributed by atoms with van der Waals surface area (Å²) < 4.78 is 10.8. The van der Waals surface area contributed by atoms with Crippen LogP contribution < -0.4 is 14.8 Å². The monoisotopic (exact) mass is 276 g/mol. The van der Waals surface area contributed by atoms with Crippen molar-refractivity contribution in [1.29, 1.82) is 0 Å². The molecule has 0 spiro atoms. The largest absolute Gasteiger partial charge is 0.454 e. The fraction of sp³-hybridized carbons (Fsp3) is 0.533. The lowest BCUT2D eigenvalue weighted by Crippen LogP contribution is -2.43. The van der Waals surface area contributed by atoms with Crippen molar-refractivity contribution < 1.29 is 14.3 Å². The number of rotatable bonds is 4. The minimum Gasteiger partial charge on any atom is -0.454 e. The van der Waals surface area contributed by atoms with Gasteiger partial charge in [-0.05, 0) is 25.8 Å². The van der Waals surface area contributed by atoms with Gasteiger partial charge in [0.1, 0.15) is 0 Å². The van der Waals surface area contributed by atoms with E-state index in [0.29, 0.717) is 6.54 Å². The number of amides is 1. The number of carbonyl (C=O) groups is 1. The number of hydrogen-bond donors (Lipinski definition) is 1. The van der Waals surface area contributed by atoms with E-state index in [-0.39, 0.29) is 18.7 Å². The number of para-hydroxylation sites is 1. The summed E-state index contributed by atoms with van der Waals surface area (Å²) in [7, 11) is 0. The van der Waals surface area contributed by atoms with Crippen LogP contribution in [-0.2, 0) is 11.3 Å². The Bertz CT molecular complexity index is 498. The second-order valence-electron chi connectivity index (χ2n) is 5.29. The molecule has 1 aromatic carbocycles. The highest BCUT2D eigenvalue weighted by molar-refractivity contribution is 5.81. The minimum absolute atomic E-state index is 0.175. The molecule has 0 aliphatic carbocycles. The van der Waals surface area contributed by atoms with Crippen LogP contribution in [0, 0.1) is 0 Å².